The monoisotopic (exact) mass is 474 g/mol. The minimum absolute atomic E-state index is 0.0288. The van der Waals surface area contributed by atoms with Gasteiger partial charge in [0.2, 0.25) is 18.0 Å². The summed E-state index contributed by atoms with van der Waals surface area (Å²) in [4.78, 5) is 40.9. The third-order valence-electron chi connectivity index (χ3n) is 8.09. The first-order chi connectivity index (χ1) is 16.3. The number of hydrogen-bond donors (Lipinski definition) is 1. The third kappa shape index (κ3) is 4.23. The molecular weight excluding hydrogens is 440 g/mol. The van der Waals surface area contributed by atoms with E-state index in [2.05, 4.69) is 17.2 Å². The Bertz CT molecular complexity index is 914. The van der Waals surface area contributed by atoms with E-state index in [1.807, 2.05) is 32.0 Å². The largest absolute Gasteiger partial charge is 0.435 e. The van der Waals surface area contributed by atoms with E-state index < -0.39 is 29.9 Å². The van der Waals surface area contributed by atoms with Crippen LogP contribution < -0.4 is 5.32 Å². The van der Waals surface area contributed by atoms with E-state index in [0.29, 0.717) is 12.5 Å². The molecule has 6 rings (SSSR count). The number of carbonyl (C=O) groups is 2. The smallest absolute Gasteiger partial charge is 0.308 e. The zero-order valence-corrected chi connectivity index (χ0v) is 20.0. The number of pyridine rings is 1. The van der Waals surface area contributed by atoms with Crippen LogP contribution in [0.3, 0.4) is 0 Å². The lowest BCUT2D eigenvalue weighted by molar-refractivity contribution is -0.576. The fourth-order valence-corrected chi connectivity index (χ4v) is 6.19. The number of rotatable bonds is 6. The van der Waals surface area contributed by atoms with Gasteiger partial charge in [-0.1, -0.05) is 19.9 Å². The number of nitrogens with one attached hydrogen (secondary N) is 1. The highest BCUT2D eigenvalue weighted by Gasteiger charge is 2.69. The van der Waals surface area contributed by atoms with Gasteiger partial charge in [0.15, 0.2) is 11.9 Å². The molecule has 1 aromatic heterocycles. The Hall–Kier alpha value is -2.07. The van der Waals surface area contributed by atoms with Crippen molar-refractivity contribution in [3.8, 4) is 0 Å². The molecule has 8 atom stereocenters. The summed E-state index contributed by atoms with van der Waals surface area (Å²) in [7, 11) is 0. The summed E-state index contributed by atoms with van der Waals surface area (Å²) in [5, 5.41) is 2.77. The number of esters is 1. The van der Waals surface area contributed by atoms with Crippen LogP contribution in [-0.4, -0.2) is 40.8 Å². The number of amides is 1. The lowest BCUT2D eigenvalue weighted by Gasteiger charge is -2.59. The lowest BCUT2D eigenvalue weighted by atomic mass is 9.58. The molecule has 0 aromatic carbocycles. The maximum Gasteiger partial charge on any atom is 0.308 e. The molecule has 34 heavy (non-hydrogen) atoms. The van der Waals surface area contributed by atoms with Crippen molar-refractivity contribution in [2.24, 2.45) is 23.7 Å². The predicted octanol–water partition coefficient (Wildman–Crippen LogP) is 3.23. The van der Waals surface area contributed by atoms with Crippen molar-refractivity contribution in [2.45, 2.75) is 89.8 Å². The summed E-state index contributed by atoms with van der Waals surface area (Å²) in [5.74, 6) is -0.876. The van der Waals surface area contributed by atoms with Crippen LogP contribution in [-0.2, 0) is 40.1 Å². The van der Waals surface area contributed by atoms with E-state index in [-0.39, 0.29) is 36.5 Å². The molecule has 9 heteroatoms. The van der Waals surface area contributed by atoms with Crippen molar-refractivity contribution in [1.29, 1.82) is 0 Å². The van der Waals surface area contributed by atoms with Crippen molar-refractivity contribution in [3.63, 3.8) is 0 Å². The second kappa shape index (κ2) is 9.18. The van der Waals surface area contributed by atoms with Crippen molar-refractivity contribution in [2.75, 3.05) is 0 Å². The normalized spacial score (nSPS) is 40.7. The van der Waals surface area contributed by atoms with E-state index in [1.54, 1.807) is 6.20 Å². The Morgan fingerprint density at radius 1 is 1.15 bits per heavy atom. The van der Waals surface area contributed by atoms with Gasteiger partial charge >= 0.3 is 5.97 Å². The van der Waals surface area contributed by atoms with Gasteiger partial charge in [0.1, 0.15) is 0 Å². The fourth-order valence-electron chi connectivity index (χ4n) is 6.19. The van der Waals surface area contributed by atoms with Crippen LogP contribution in [0.5, 0.6) is 0 Å². The average molecular weight is 475 g/mol. The van der Waals surface area contributed by atoms with Gasteiger partial charge in [-0.15, -0.1) is 0 Å². The summed E-state index contributed by atoms with van der Waals surface area (Å²) >= 11 is 0. The summed E-state index contributed by atoms with van der Waals surface area (Å²) in [6.45, 7) is 6.47. The van der Waals surface area contributed by atoms with Crippen molar-refractivity contribution < 1.29 is 33.6 Å². The van der Waals surface area contributed by atoms with Crippen LogP contribution in [0.2, 0.25) is 0 Å². The first-order valence-corrected chi connectivity index (χ1v) is 12.4. The summed E-state index contributed by atoms with van der Waals surface area (Å²) < 4.78 is 18.3. The van der Waals surface area contributed by atoms with E-state index in [1.165, 1.54) is 0 Å². The lowest BCUT2D eigenvalue weighted by Crippen LogP contribution is -2.70. The highest BCUT2D eigenvalue weighted by atomic mass is 17.3. The molecule has 1 saturated carbocycles. The van der Waals surface area contributed by atoms with Gasteiger partial charge in [-0.3, -0.25) is 14.6 Å². The van der Waals surface area contributed by atoms with Crippen molar-refractivity contribution >= 4 is 11.9 Å². The molecule has 1 aromatic rings. The maximum absolute atomic E-state index is 12.6. The molecule has 2 bridgehead atoms. The quantitative estimate of drug-likeness (QED) is 0.495. The van der Waals surface area contributed by atoms with Crippen molar-refractivity contribution in [3.05, 3.63) is 30.1 Å². The Morgan fingerprint density at radius 3 is 2.79 bits per heavy atom. The number of nitrogens with zero attached hydrogens (tertiary/aromatic N) is 1. The Labute approximate surface area is 199 Å². The van der Waals surface area contributed by atoms with Crippen LogP contribution in [0.1, 0.15) is 65.0 Å². The molecule has 1 spiro atoms. The summed E-state index contributed by atoms with van der Waals surface area (Å²) in [5.41, 5.74) is 0.0657. The highest BCUT2D eigenvalue weighted by Crippen LogP contribution is 2.60. The van der Waals surface area contributed by atoms with E-state index >= 15 is 0 Å². The Kier molecular flexibility index (Phi) is 6.39. The number of carbonyl (C=O) groups excluding carboxylic acids is 2. The first kappa shape index (κ1) is 23.7. The van der Waals surface area contributed by atoms with Gasteiger partial charge in [-0.25, -0.2) is 9.78 Å². The SMILES string of the molecule is C[C@H]1[C@H](OC(=O)CCC(=O)NCc2ccccn2)O[C@@H]2OC3(C)CC[C@H]4[C@H](C)CC[C@@H]1C24OO3. The minimum atomic E-state index is -0.877. The van der Waals surface area contributed by atoms with Crippen LogP contribution in [0, 0.1) is 23.7 Å². The first-order valence-electron chi connectivity index (χ1n) is 12.4. The highest BCUT2D eigenvalue weighted by molar-refractivity contribution is 5.81. The molecule has 1 aliphatic carbocycles. The Balaban J connectivity index is 1.20. The number of aromatic nitrogens is 1. The topological polar surface area (TPSA) is 105 Å². The molecule has 186 valence electrons. The molecule has 0 radical (unpaired) electrons. The fraction of sp³-hybridized carbons (Fsp3) is 0.720. The molecule has 4 saturated heterocycles. The zero-order chi connectivity index (χ0) is 23.9. The van der Waals surface area contributed by atoms with Gasteiger partial charge in [0.05, 0.1) is 18.7 Å². The van der Waals surface area contributed by atoms with Gasteiger partial charge in [-0.2, -0.15) is 0 Å². The molecule has 5 fully saturated rings. The molecule has 1 N–H and O–H groups in total. The summed E-state index contributed by atoms with van der Waals surface area (Å²) in [6, 6.07) is 5.51. The number of hydrogen-bond acceptors (Lipinski definition) is 8. The van der Waals surface area contributed by atoms with Gasteiger partial charge in [-0.05, 0) is 50.2 Å². The zero-order valence-electron chi connectivity index (χ0n) is 20.0. The van der Waals surface area contributed by atoms with Gasteiger partial charge in [0, 0.05) is 30.9 Å². The van der Waals surface area contributed by atoms with Crippen LogP contribution >= 0.6 is 0 Å². The van der Waals surface area contributed by atoms with E-state index in [0.717, 1.165) is 31.4 Å². The van der Waals surface area contributed by atoms with Gasteiger partial charge in [0.25, 0.3) is 0 Å². The molecule has 9 nitrogen and oxygen atoms in total. The summed E-state index contributed by atoms with van der Waals surface area (Å²) in [6.07, 6.45) is 3.92. The number of fused-ring (bicyclic) bond motifs is 2. The third-order valence-corrected chi connectivity index (χ3v) is 8.09. The second-order valence-corrected chi connectivity index (χ2v) is 10.4. The maximum atomic E-state index is 12.6. The minimum Gasteiger partial charge on any atom is -0.435 e. The van der Waals surface area contributed by atoms with Crippen LogP contribution in [0.15, 0.2) is 24.4 Å². The molecule has 2 unspecified atom stereocenters. The van der Waals surface area contributed by atoms with Crippen molar-refractivity contribution in [1.82, 2.24) is 10.3 Å². The van der Waals surface area contributed by atoms with Gasteiger partial charge < -0.3 is 19.5 Å². The van der Waals surface area contributed by atoms with E-state index in [9.17, 15) is 9.59 Å². The molecular formula is C25H34N2O7. The molecule has 5 heterocycles. The number of ether oxygens (including phenoxy) is 3. The molecule has 4 aliphatic heterocycles. The Morgan fingerprint density at radius 2 is 2.00 bits per heavy atom. The van der Waals surface area contributed by atoms with E-state index in [4.69, 9.17) is 24.0 Å². The molecule has 5 aliphatic rings. The van der Waals surface area contributed by atoms with Crippen LogP contribution in [0.25, 0.3) is 0 Å². The molecule has 1 amide bonds. The average Bonchev–Trinajstić information content (AvgIpc) is 3.06. The standard InChI is InChI=1S/C25H34N2O7/c1-15-7-8-19-16(2)22(31-23-25(19)18(15)11-12-24(3,32-23)33-34-25)30-21(29)10-9-20(28)27-14-17-6-4-5-13-26-17/h4-6,13,15-16,18-19,22-23H,7-12,14H2,1-3H3,(H,27,28)/t15-,16-,18+,19+,22-,23-,24?,25?/m1/s1. The second-order valence-electron chi connectivity index (χ2n) is 10.4. The van der Waals surface area contributed by atoms with Crippen LogP contribution in [0.4, 0.5) is 0 Å². The predicted molar refractivity (Wildman–Crippen MR) is 118 cm³/mol.